The first-order chi connectivity index (χ1) is 19.5. The van der Waals surface area contributed by atoms with Gasteiger partial charge in [0.25, 0.3) is 0 Å². The number of rotatable bonds is 10. The maximum absolute atomic E-state index is 11.3. The van der Waals surface area contributed by atoms with Gasteiger partial charge in [-0.25, -0.2) is 0 Å². The van der Waals surface area contributed by atoms with E-state index in [4.69, 9.17) is 52.4 Å². The molecule has 17 nitrogen and oxygen atoms in total. The van der Waals surface area contributed by atoms with Crippen LogP contribution in [0.4, 0.5) is 0 Å². The molecule has 17 heteroatoms. The Morgan fingerprint density at radius 2 is 1.51 bits per heavy atom. The van der Waals surface area contributed by atoms with E-state index in [1.807, 2.05) is 0 Å². The van der Waals surface area contributed by atoms with E-state index >= 15 is 0 Å². The molecule has 4 rings (SSSR count). The molecule has 1 saturated carbocycles. The Bertz CT molecular complexity index is 819. The van der Waals surface area contributed by atoms with Gasteiger partial charge in [-0.2, -0.15) is 0 Å². The van der Waals surface area contributed by atoms with Crippen molar-refractivity contribution < 1.29 is 49.2 Å². The monoisotopic (exact) mass is 595 g/mol. The SMILES string of the molecule is CNC1C(O[C@H]2OC(CO)[C@@H](NC(CN)CN)CC2O)O[C@H]2CC(N)[C@@H](O[C@@H]3C(N)C[C@@H](N)C(O)C3O)OC2C1O. The van der Waals surface area contributed by atoms with Crippen LogP contribution in [0.3, 0.4) is 0 Å². The smallest absolute Gasteiger partial charge is 0.187 e. The molecule has 0 aromatic carbocycles. The summed E-state index contributed by atoms with van der Waals surface area (Å²) < 4.78 is 30.0. The lowest BCUT2D eigenvalue weighted by Crippen LogP contribution is -2.69. The first kappa shape index (κ1) is 33.2. The van der Waals surface area contributed by atoms with Crippen LogP contribution in [0.25, 0.3) is 0 Å². The average Bonchev–Trinajstić information content (AvgIpc) is 2.94. The predicted molar refractivity (Wildman–Crippen MR) is 142 cm³/mol. The Morgan fingerprint density at radius 1 is 0.805 bits per heavy atom. The van der Waals surface area contributed by atoms with Gasteiger partial charge in [-0.1, -0.05) is 0 Å². The highest BCUT2D eigenvalue weighted by atomic mass is 16.8. The van der Waals surface area contributed by atoms with Crippen molar-refractivity contribution in [2.75, 3.05) is 26.7 Å². The number of aliphatic hydroxyl groups is 5. The fourth-order valence-electron chi connectivity index (χ4n) is 6.11. The Kier molecular flexibility index (Phi) is 11.7. The van der Waals surface area contributed by atoms with Gasteiger partial charge in [-0.05, 0) is 26.3 Å². The molecule has 1 aliphatic carbocycles. The van der Waals surface area contributed by atoms with Gasteiger partial charge >= 0.3 is 0 Å². The maximum Gasteiger partial charge on any atom is 0.187 e. The molecular formula is C24H49N7O10. The summed E-state index contributed by atoms with van der Waals surface area (Å²) in [6, 6.07) is -3.53. The fourth-order valence-corrected chi connectivity index (χ4v) is 6.11. The van der Waals surface area contributed by atoms with Gasteiger partial charge in [0.15, 0.2) is 18.9 Å². The second-order valence-corrected chi connectivity index (χ2v) is 11.5. The molecule has 3 aliphatic heterocycles. The number of hydrogen-bond donors (Lipinski definition) is 12. The van der Waals surface area contributed by atoms with Gasteiger partial charge in [0.05, 0.1) is 37.0 Å². The number of fused-ring (bicyclic) bond motifs is 1. The highest BCUT2D eigenvalue weighted by Crippen LogP contribution is 2.35. The second-order valence-electron chi connectivity index (χ2n) is 11.5. The number of aliphatic hydroxyl groups excluding tert-OH is 5. The van der Waals surface area contributed by atoms with E-state index in [0.717, 1.165) is 0 Å². The van der Waals surface area contributed by atoms with Crippen molar-refractivity contribution in [3.05, 3.63) is 0 Å². The molecule has 3 heterocycles. The molecule has 240 valence electrons. The number of hydrogen-bond acceptors (Lipinski definition) is 17. The highest BCUT2D eigenvalue weighted by Gasteiger charge is 2.53. The van der Waals surface area contributed by atoms with Crippen LogP contribution in [0, 0.1) is 0 Å². The van der Waals surface area contributed by atoms with Crippen molar-refractivity contribution in [3.8, 4) is 0 Å². The Hall–Kier alpha value is -0.680. The molecule has 0 spiro atoms. The lowest BCUT2D eigenvalue weighted by molar-refractivity contribution is -0.368. The molecule has 16 atom stereocenters. The van der Waals surface area contributed by atoms with E-state index in [-0.39, 0.29) is 45.0 Å². The van der Waals surface area contributed by atoms with Crippen LogP contribution >= 0.6 is 0 Å². The van der Waals surface area contributed by atoms with Gasteiger partial charge in [-0.3, -0.25) is 0 Å². The summed E-state index contributed by atoms with van der Waals surface area (Å²) in [5.74, 6) is 0. The Labute approximate surface area is 238 Å². The molecule has 17 N–H and O–H groups in total. The summed E-state index contributed by atoms with van der Waals surface area (Å²) in [6.07, 6.45) is -10.8. The van der Waals surface area contributed by atoms with Crippen molar-refractivity contribution >= 4 is 0 Å². The van der Waals surface area contributed by atoms with Crippen LogP contribution in [0.15, 0.2) is 0 Å². The predicted octanol–water partition coefficient (Wildman–Crippen LogP) is -7.00. The summed E-state index contributed by atoms with van der Waals surface area (Å²) in [4.78, 5) is 0. The van der Waals surface area contributed by atoms with Gasteiger partial charge < -0.3 is 88.5 Å². The van der Waals surface area contributed by atoms with Crippen molar-refractivity contribution in [1.29, 1.82) is 0 Å². The normalized spacial score (nSPS) is 49.2. The maximum atomic E-state index is 11.3. The zero-order valence-corrected chi connectivity index (χ0v) is 23.2. The van der Waals surface area contributed by atoms with Crippen LogP contribution in [0.1, 0.15) is 19.3 Å². The number of ether oxygens (including phenoxy) is 5. The average molecular weight is 596 g/mol. The number of nitrogens with two attached hydrogens (primary N) is 5. The van der Waals surface area contributed by atoms with Crippen molar-refractivity contribution in [1.82, 2.24) is 10.6 Å². The first-order valence-corrected chi connectivity index (χ1v) is 14.2. The third-order valence-electron chi connectivity index (χ3n) is 8.57. The van der Waals surface area contributed by atoms with Crippen LogP contribution in [-0.4, -0.2) is 156 Å². The minimum Gasteiger partial charge on any atom is -0.394 e. The second kappa shape index (κ2) is 14.4. The molecule has 3 saturated heterocycles. The van der Waals surface area contributed by atoms with Crippen LogP contribution in [0.5, 0.6) is 0 Å². The lowest BCUT2D eigenvalue weighted by Gasteiger charge is -2.51. The number of likely N-dealkylation sites (N-methyl/N-ethyl adjacent to an activating group) is 1. The Morgan fingerprint density at radius 3 is 2.15 bits per heavy atom. The van der Waals surface area contributed by atoms with Crippen molar-refractivity contribution in [2.45, 2.75) is 123 Å². The topological polar surface area (TPSA) is 301 Å². The molecule has 41 heavy (non-hydrogen) atoms. The molecule has 0 aromatic rings. The third-order valence-corrected chi connectivity index (χ3v) is 8.57. The van der Waals surface area contributed by atoms with E-state index in [0.29, 0.717) is 0 Å². The molecule has 0 bridgehead atoms. The minimum atomic E-state index is -1.34. The minimum absolute atomic E-state index is 0.194. The molecule has 0 radical (unpaired) electrons. The van der Waals surface area contributed by atoms with Gasteiger partial charge in [-0.15, -0.1) is 0 Å². The zero-order chi connectivity index (χ0) is 30.0. The van der Waals surface area contributed by atoms with Gasteiger partial charge in [0.1, 0.15) is 30.5 Å². The molecule has 4 aliphatic rings. The van der Waals surface area contributed by atoms with Crippen molar-refractivity contribution in [2.24, 2.45) is 28.7 Å². The Balaban J connectivity index is 1.40. The summed E-state index contributed by atoms with van der Waals surface area (Å²) in [5.41, 5.74) is 29.8. The lowest BCUT2D eigenvalue weighted by atomic mass is 9.84. The summed E-state index contributed by atoms with van der Waals surface area (Å²) >= 11 is 0. The zero-order valence-electron chi connectivity index (χ0n) is 23.2. The van der Waals surface area contributed by atoms with Gasteiger partial charge in [0.2, 0.25) is 0 Å². The molecule has 0 aromatic heterocycles. The van der Waals surface area contributed by atoms with Crippen LogP contribution in [0.2, 0.25) is 0 Å². The van der Waals surface area contributed by atoms with E-state index in [9.17, 15) is 25.5 Å². The summed E-state index contributed by atoms with van der Waals surface area (Å²) in [6.45, 7) is 0.218. The van der Waals surface area contributed by atoms with E-state index < -0.39 is 97.9 Å². The standard InChI is InChI=1S/C24H49N7O10/c1-30-16-18(35)21-14(3-11(29)22(40-21)39-20-10(28)2-9(27)17(34)19(20)36)37-24(16)41-23-13(33)4-12(15(7-32)38-23)31-8(5-25)6-26/h8-24,30-36H,2-7,25-29H2,1H3/t9-,10?,11?,12+,13?,14+,15?,16?,17?,18?,19?,20-,21?,22+,23-,24?/m1/s1. The van der Waals surface area contributed by atoms with Gasteiger partial charge in [0, 0.05) is 37.3 Å². The quantitative estimate of drug-likeness (QED) is 0.112. The fraction of sp³-hybridized carbons (Fsp3) is 1.00. The van der Waals surface area contributed by atoms with E-state index in [1.165, 1.54) is 0 Å². The van der Waals surface area contributed by atoms with E-state index in [1.54, 1.807) is 7.05 Å². The molecule has 0 amide bonds. The van der Waals surface area contributed by atoms with Crippen LogP contribution in [-0.2, 0) is 23.7 Å². The molecule has 4 fully saturated rings. The third kappa shape index (κ3) is 7.18. The number of nitrogens with one attached hydrogen (secondary N) is 2. The molecule has 10 unspecified atom stereocenters. The summed E-state index contributed by atoms with van der Waals surface area (Å²) in [7, 11) is 1.60. The summed E-state index contributed by atoms with van der Waals surface area (Å²) in [5, 5.41) is 58.9. The largest absolute Gasteiger partial charge is 0.394 e. The van der Waals surface area contributed by atoms with Crippen LogP contribution < -0.4 is 39.3 Å². The molecular weight excluding hydrogens is 546 g/mol. The van der Waals surface area contributed by atoms with Crippen molar-refractivity contribution in [3.63, 3.8) is 0 Å². The highest BCUT2D eigenvalue weighted by molar-refractivity contribution is 5.01. The first-order valence-electron chi connectivity index (χ1n) is 14.2. The van der Waals surface area contributed by atoms with E-state index in [2.05, 4.69) is 10.6 Å².